The van der Waals surface area contributed by atoms with E-state index >= 15 is 0 Å². The van der Waals surface area contributed by atoms with E-state index in [2.05, 4.69) is 34.5 Å². The largest absolute Gasteiger partial charge is 0.464 e. The van der Waals surface area contributed by atoms with Crippen molar-refractivity contribution in [2.45, 2.75) is 148 Å². The van der Waals surface area contributed by atoms with Crippen molar-refractivity contribution >= 4 is 6.09 Å². The van der Waals surface area contributed by atoms with Crippen molar-refractivity contribution in [1.29, 1.82) is 0 Å². The van der Waals surface area contributed by atoms with Crippen LogP contribution in [0, 0.1) is 0 Å². The quantitative estimate of drug-likeness (QED) is 0.0523. The number of hydrogen-bond acceptors (Lipinski definition) is 6. The maximum atomic E-state index is 10.2. The lowest BCUT2D eigenvalue weighted by Crippen LogP contribution is -2.59. The Morgan fingerprint density at radius 2 is 0.818 bits per heavy atom. The van der Waals surface area contributed by atoms with Gasteiger partial charge in [-0.15, -0.1) is 0 Å². The fourth-order valence-corrected chi connectivity index (χ4v) is 4.08. The minimum Gasteiger partial charge on any atom is -0.464 e. The molecule has 7 N–H and O–H groups in total. The highest BCUT2D eigenvalue weighted by atomic mass is 16.4. The second kappa shape index (κ2) is 29.1. The van der Waals surface area contributed by atoms with Crippen LogP contribution in [0.2, 0.25) is 0 Å². The van der Waals surface area contributed by atoms with Crippen LogP contribution in [-0.4, -0.2) is 17.7 Å². The van der Waals surface area contributed by atoms with Crippen LogP contribution in [0.25, 0.3) is 0 Å². The zero-order valence-corrected chi connectivity index (χ0v) is 21.6. The van der Waals surface area contributed by atoms with E-state index in [1.165, 1.54) is 135 Å². The van der Waals surface area contributed by atoms with Gasteiger partial charge in [0.1, 0.15) is 0 Å². The second-order valence-corrected chi connectivity index (χ2v) is 9.28. The number of unbranched alkanes of at least 4 members (excludes halogenated alkanes) is 21. The van der Waals surface area contributed by atoms with Crippen molar-refractivity contribution in [2.24, 2.45) is 0 Å². The summed E-state index contributed by atoms with van der Waals surface area (Å²) in [5.41, 5.74) is 14.9. The predicted octanol–water partition coefficient (Wildman–Crippen LogP) is 6.38. The maximum Gasteiger partial charge on any atom is 0.420 e. The number of hydrazine groups is 5. The Balaban J connectivity index is 3.01. The normalized spacial score (nSPS) is 11.2. The highest BCUT2D eigenvalue weighted by Crippen LogP contribution is 2.15. The van der Waals surface area contributed by atoms with E-state index in [-0.39, 0.29) is 0 Å². The monoisotopic (exact) mass is 472 g/mol. The number of carboxylic acid groups (broad SMARTS) is 1. The molecule has 8 nitrogen and oxygen atoms in total. The van der Waals surface area contributed by atoms with Crippen molar-refractivity contribution in [1.82, 2.24) is 33.0 Å². The molecular formula is C25H56N6O2. The Morgan fingerprint density at radius 3 is 1.18 bits per heavy atom. The van der Waals surface area contributed by atoms with Crippen LogP contribution in [0.15, 0.2) is 0 Å². The van der Waals surface area contributed by atoms with Crippen LogP contribution < -0.4 is 33.0 Å². The van der Waals surface area contributed by atoms with Gasteiger partial charge in [-0.1, -0.05) is 142 Å². The summed E-state index contributed by atoms with van der Waals surface area (Å²) < 4.78 is 0. The van der Waals surface area contributed by atoms with Crippen LogP contribution in [0.4, 0.5) is 4.79 Å². The molecule has 0 aliphatic carbocycles. The van der Waals surface area contributed by atoms with E-state index in [0.717, 1.165) is 13.0 Å². The first-order valence-corrected chi connectivity index (χ1v) is 14.0. The van der Waals surface area contributed by atoms with Gasteiger partial charge in [0.05, 0.1) is 0 Å². The summed E-state index contributed by atoms with van der Waals surface area (Å²) in [6.07, 6.45) is 29.6. The van der Waals surface area contributed by atoms with Crippen molar-refractivity contribution in [3.8, 4) is 0 Å². The lowest BCUT2D eigenvalue weighted by molar-refractivity contribution is 0.180. The number of amides is 1. The first-order valence-electron chi connectivity index (χ1n) is 14.0. The van der Waals surface area contributed by atoms with Crippen LogP contribution >= 0.6 is 0 Å². The molecule has 0 unspecified atom stereocenters. The van der Waals surface area contributed by atoms with Gasteiger partial charge in [-0.3, -0.25) is 0 Å². The molecule has 0 aromatic carbocycles. The molecule has 0 saturated heterocycles. The van der Waals surface area contributed by atoms with E-state index in [4.69, 9.17) is 5.11 Å². The minimum absolute atomic E-state index is 0.861. The molecule has 0 aliphatic rings. The molecule has 8 heteroatoms. The fraction of sp³-hybridized carbons (Fsp3) is 0.960. The van der Waals surface area contributed by atoms with Gasteiger partial charge in [0.15, 0.2) is 0 Å². The molecule has 0 rings (SSSR count). The Hall–Kier alpha value is -0.930. The summed E-state index contributed by atoms with van der Waals surface area (Å²) >= 11 is 0. The van der Waals surface area contributed by atoms with E-state index < -0.39 is 6.09 Å². The molecule has 198 valence electrons. The first-order chi connectivity index (χ1) is 16.3. The Labute approximate surface area is 204 Å². The summed E-state index contributed by atoms with van der Waals surface area (Å²) in [6, 6.07) is 0. The van der Waals surface area contributed by atoms with E-state index in [1.807, 2.05) is 5.43 Å². The third kappa shape index (κ3) is 31.1. The molecule has 0 saturated carbocycles. The van der Waals surface area contributed by atoms with Crippen molar-refractivity contribution in [3.63, 3.8) is 0 Å². The molecule has 0 fully saturated rings. The molecule has 0 aromatic rings. The maximum absolute atomic E-state index is 10.2. The van der Waals surface area contributed by atoms with Gasteiger partial charge in [0.2, 0.25) is 0 Å². The fourth-order valence-electron chi connectivity index (χ4n) is 4.08. The van der Waals surface area contributed by atoms with Gasteiger partial charge >= 0.3 is 6.09 Å². The summed E-state index contributed by atoms with van der Waals surface area (Å²) in [5, 5.41) is 8.33. The standard InChI is InChI=1S/C25H56N6O2/c1-2-3-4-5-6-7-8-9-10-11-12-13-14-15-16-17-18-19-20-21-22-23-24-26-28-30-31-29-27-25(32)33/h26-31H,2-24H2,1H3,(H,32,33). The van der Waals surface area contributed by atoms with E-state index in [0.29, 0.717) is 0 Å². The molecule has 1 amide bonds. The highest BCUT2D eigenvalue weighted by Gasteiger charge is 1.96. The minimum atomic E-state index is -1.16. The first kappa shape index (κ1) is 32.1. The van der Waals surface area contributed by atoms with Gasteiger partial charge in [0.25, 0.3) is 0 Å². The van der Waals surface area contributed by atoms with Crippen LogP contribution in [0.3, 0.4) is 0 Å². The molecule has 0 aromatic heterocycles. The average molecular weight is 473 g/mol. The molecule has 0 bridgehead atoms. The molecule has 0 aliphatic heterocycles. The summed E-state index contributed by atoms with van der Waals surface area (Å²) in [4.78, 5) is 10.2. The van der Waals surface area contributed by atoms with Gasteiger partial charge < -0.3 is 5.11 Å². The molecule has 0 radical (unpaired) electrons. The summed E-state index contributed by atoms with van der Waals surface area (Å²) in [6.45, 7) is 3.15. The van der Waals surface area contributed by atoms with Crippen molar-refractivity contribution in [3.05, 3.63) is 0 Å². The van der Waals surface area contributed by atoms with Crippen molar-refractivity contribution in [2.75, 3.05) is 6.54 Å². The molecule has 33 heavy (non-hydrogen) atoms. The van der Waals surface area contributed by atoms with Gasteiger partial charge in [-0.25, -0.2) is 15.6 Å². The summed E-state index contributed by atoms with van der Waals surface area (Å²) in [5.74, 6) is 0. The number of nitrogens with one attached hydrogen (secondary N) is 6. The number of rotatable bonds is 28. The van der Waals surface area contributed by atoms with Gasteiger partial charge in [-0.2, -0.15) is 22.1 Å². The van der Waals surface area contributed by atoms with Crippen LogP contribution in [-0.2, 0) is 0 Å². The SMILES string of the molecule is CCCCCCCCCCCCCCCCCCCCCCCCNNNNNNC(=O)O. The third-order valence-corrected chi connectivity index (χ3v) is 6.10. The zero-order valence-electron chi connectivity index (χ0n) is 21.6. The third-order valence-electron chi connectivity index (χ3n) is 6.10. The molecule has 0 heterocycles. The van der Waals surface area contributed by atoms with Gasteiger partial charge in [0, 0.05) is 6.54 Å². The van der Waals surface area contributed by atoms with Crippen molar-refractivity contribution < 1.29 is 9.90 Å². The predicted molar refractivity (Wildman–Crippen MR) is 139 cm³/mol. The zero-order chi connectivity index (χ0) is 24.1. The van der Waals surface area contributed by atoms with E-state index in [1.54, 1.807) is 0 Å². The smallest absolute Gasteiger partial charge is 0.420 e. The molecular weight excluding hydrogens is 416 g/mol. The highest BCUT2D eigenvalue weighted by molar-refractivity contribution is 5.63. The van der Waals surface area contributed by atoms with Gasteiger partial charge in [-0.05, 0) is 6.42 Å². The average Bonchev–Trinajstić information content (AvgIpc) is 2.80. The van der Waals surface area contributed by atoms with Crippen LogP contribution in [0.1, 0.15) is 148 Å². The molecule has 0 atom stereocenters. The Kier molecular flexibility index (Phi) is 28.3. The molecule has 0 spiro atoms. The number of carbonyl (C=O) groups is 1. The Bertz CT molecular complexity index is 388. The topological polar surface area (TPSA) is 109 Å². The van der Waals surface area contributed by atoms with Crippen LogP contribution in [0.5, 0.6) is 0 Å². The lowest BCUT2D eigenvalue weighted by atomic mass is 10.0. The van der Waals surface area contributed by atoms with E-state index in [9.17, 15) is 4.79 Å². The lowest BCUT2D eigenvalue weighted by Gasteiger charge is -2.10. The number of hydrogen-bond donors (Lipinski definition) is 7. The summed E-state index contributed by atoms with van der Waals surface area (Å²) in [7, 11) is 0. The Morgan fingerprint density at radius 1 is 0.485 bits per heavy atom. The second-order valence-electron chi connectivity index (χ2n) is 9.28.